The summed E-state index contributed by atoms with van der Waals surface area (Å²) in [4.78, 5) is 24.8. The number of amidine groups is 2. The second-order valence-electron chi connectivity index (χ2n) is 10.3. The van der Waals surface area contributed by atoms with E-state index in [4.69, 9.17) is 19.8 Å². The van der Waals surface area contributed by atoms with E-state index in [9.17, 15) is 4.79 Å². The zero-order valence-electron chi connectivity index (χ0n) is 23.4. The Balaban J connectivity index is 1.47. The van der Waals surface area contributed by atoms with Gasteiger partial charge < -0.3 is 15.0 Å². The number of benzene rings is 4. The fourth-order valence-corrected chi connectivity index (χ4v) is 5.64. The lowest BCUT2D eigenvalue weighted by Gasteiger charge is -2.40. The summed E-state index contributed by atoms with van der Waals surface area (Å²) in [6, 6.07) is 33.6. The SMILES string of the molecule is COC(=O)c1ccc([C@H]2c3c(C)nn(-c4ccccc4)c3N=C3C(Nc4cccc(C)c4)=Nc4ccccc4N32)cc1. The molecule has 2 aliphatic heterocycles. The molecule has 0 amide bonds. The molecule has 3 heterocycles. The lowest BCUT2D eigenvalue weighted by Crippen LogP contribution is -2.46. The molecule has 42 heavy (non-hydrogen) atoms. The van der Waals surface area contributed by atoms with E-state index in [0.29, 0.717) is 17.2 Å². The maximum atomic E-state index is 12.3. The molecule has 1 aromatic heterocycles. The lowest BCUT2D eigenvalue weighted by molar-refractivity contribution is 0.0600. The summed E-state index contributed by atoms with van der Waals surface area (Å²) in [5.74, 6) is 1.69. The van der Waals surface area contributed by atoms with Crippen LogP contribution >= 0.6 is 0 Å². The smallest absolute Gasteiger partial charge is 0.337 e. The summed E-state index contributed by atoms with van der Waals surface area (Å²) >= 11 is 0. The molecule has 0 aliphatic carbocycles. The average Bonchev–Trinajstić information content (AvgIpc) is 3.36. The number of methoxy groups -OCH3 is 1. The van der Waals surface area contributed by atoms with Gasteiger partial charge in [0.2, 0.25) is 0 Å². The third-order valence-electron chi connectivity index (χ3n) is 7.57. The van der Waals surface area contributed by atoms with Crippen LogP contribution in [0.1, 0.15) is 38.8 Å². The number of nitrogens with one attached hydrogen (secondary N) is 1. The van der Waals surface area contributed by atoms with E-state index in [2.05, 4.69) is 35.3 Å². The Labute approximate surface area is 243 Å². The quantitative estimate of drug-likeness (QED) is 0.241. The highest BCUT2D eigenvalue weighted by Gasteiger charge is 2.41. The molecule has 8 nitrogen and oxygen atoms in total. The minimum Gasteiger partial charge on any atom is -0.465 e. The zero-order chi connectivity index (χ0) is 28.8. The van der Waals surface area contributed by atoms with Crippen LogP contribution in [0.15, 0.2) is 113 Å². The second kappa shape index (κ2) is 10.2. The standard InChI is InChI=1S/C34H28N6O2/c1-21-10-9-11-25(20-21)35-31-33-37-32-29(22(2)38-40(32)26-12-5-4-6-13-26)30(23-16-18-24(19-17-23)34(41)42-3)39(33)28-15-8-7-14-27(28)36-31/h4-20,30H,1-3H3,(H,35,36)/t30-/m0/s1. The van der Waals surface area contributed by atoms with Crippen LogP contribution in [0.5, 0.6) is 0 Å². The molecule has 0 radical (unpaired) electrons. The van der Waals surface area contributed by atoms with Gasteiger partial charge in [-0.2, -0.15) is 5.10 Å². The number of carbonyl (C=O) groups excluding carboxylic acids is 1. The summed E-state index contributed by atoms with van der Waals surface area (Å²) in [6.45, 7) is 4.08. The molecule has 1 N–H and O–H groups in total. The first-order valence-corrected chi connectivity index (χ1v) is 13.7. The van der Waals surface area contributed by atoms with Crippen molar-refractivity contribution in [1.82, 2.24) is 9.78 Å². The summed E-state index contributed by atoms with van der Waals surface area (Å²) in [5, 5.41) is 8.53. The van der Waals surface area contributed by atoms with Crippen LogP contribution in [-0.2, 0) is 4.74 Å². The Kier molecular flexibility index (Phi) is 6.16. The largest absolute Gasteiger partial charge is 0.465 e. The number of para-hydroxylation sites is 3. The van der Waals surface area contributed by atoms with Gasteiger partial charge in [0, 0.05) is 11.3 Å². The van der Waals surface area contributed by atoms with Crippen LogP contribution < -0.4 is 10.2 Å². The number of carbonyl (C=O) groups is 1. The fraction of sp³-hybridized carbons (Fsp3) is 0.118. The number of ether oxygens (including phenoxy) is 1. The Bertz CT molecular complexity index is 1890. The number of hydrogen-bond donors (Lipinski definition) is 1. The Morgan fingerprint density at radius 1 is 0.857 bits per heavy atom. The molecule has 0 saturated heterocycles. The van der Waals surface area contributed by atoms with E-state index in [1.165, 1.54) is 7.11 Å². The maximum absolute atomic E-state index is 12.3. The number of fused-ring (bicyclic) bond motifs is 4. The van der Waals surface area contributed by atoms with E-state index >= 15 is 0 Å². The zero-order valence-corrected chi connectivity index (χ0v) is 23.4. The van der Waals surface area contributed by atoms with Crippen LogP contribution in [0.3, 0.4) is 0 Å². The van der Waals surface area contributed by atoms with Crippen LogP contribution in [0.25, 0.3) is 5.69 Å². The molecule has 0 unspecified atom stereocenters. The Morgan fingerprint density at radius 2 is 1.62 bits per heavy atom. The van der Waals surface area contributed by atoms with Gasteiger partial charge >= 0.3 is 5.97 Å². The van der Waals surface area contributed by atoms with Gasteiger partial charge in [-0.05, 0) is 73.5 Å². The van der Waals surface area contributed by atoms with Crippen LogP contribution in [0.4, 0.5) is 22.9 Å². The molecule has 7 rings (SSSR count). The molecule has 206 valence electrons. The number of rotatable bonds is 4. The molecular weight excluding hydrogens is 524 g/mol. The summed E-state index contributed by atoms with van der Waals surface area (Å²) in [6.07, 6.45) is 0. The molecule has 0 fully saturated rings. The number of hydrogen-bond acceptors (Lipinski definition) is 7. The normalized spacial score (nSPS) is 15.1. The second-order valence-corrected chi connectivity index (χ2v) is 10.3. The monoisotopic (exact) mass is 552 g/mol. The molecule has 0 bridgehead atoms. The number of nitrogens with zero attached hydrogens (tertiary/aromatic N) is 5. The first-order chi connectivity index (χ1) is 20.5. The van der Waals surface area contributed by atoms with Crippen LogP contribution in [-0.4, -0.2) is 34.5 Å². The molecule has 2 aliphatic rings. The first-order valence-electron chi connectivity index (χ1n) is 13.7. The van der Waals surface area contributed by atoms with Crippen molar-refractivity contribution in [2.75, 3.05) is 17.3 Å². The predicted octanol–water partition coefficient (Wildman–Crippen LogP) is 7.07. The molecule has 5 aromatic rings. The van der Waals surface area contributed by atoms with Crippen molar-refractivity contribution in [3.8, 4) is 5.69 Å². The number of aryl methyl sites for hydroxylation is 2. The van der Waals surface area contributed by atoms with Crippen molar-refractivity contribution in [3.05, 3.63) is 131 Å². The van der Waals surface area contributed by atoms with E-state index in [1.807, 2.05) is 84.4 Å². The van der Waals surface area contributed by atoms with Crippen molar-refractivity contribution < 1.29 is 9.53 Å². The molecule has 0 saturated carbocycles. The third-order valence-corrected chi connectivity index (χ3v) is 7.57. The number of anilines is 2. The third kappa shape index (κ3) is 4.25. The highest BCUT2D eigenvalue weighted by atomic mass is 16.5. The van der Waals surface area contributed by atoms with E-state index in [-0.39, 0.29) is 12.0 Å². The summed E-state index contributed by atoms with van der Waals surface area (Å²) in [5.41, 5.74) is 8.08. The van der Waals surface area contributed by atoms with E-state index in [1.54, 1.807) is 12.1 Å². The van der Waals surface area contributed by atoms with Gasteiger partial charge in [0.05, 0.1) is 41.5 Å². The molecule has 0 spiro atoms. The fourth-order valence-electron chi connectivity index (χ4n) is 5.64. The van der Waals surface area contributed by atoms with Gasteiger partial charge in [0.15, 0.2) is 17.5 Å². The van der Waals surface area contributed by atoms with E-state index in [0.717, 1.165) is 51.0 Å². The minimum atomic E-state index is -0.374. The maximum Gasteiger partial charge on any atom is 0.337 e. The Morgan fingerprint density at radius 3 is 2.38 bits per heavy atom. The molecular formula is C34H28N6O2. The predicted molar refractivity (Wildman–Crippen MR) is 166 cm³/mol. The lowest BCUT2D eigenvalue weighted by atomic mass is 9.92. The van der Waals surface area contributed by atoms with E-state index < -0.39 is 0 Å². The minimum absolute atomic E-state index is 0.289. The number of aromatic nitrogens is 2. The van der Waals surface area contributed by atoms with Crippen LogP contribution in [0.2, 0.25) is 0 Å². The van der Waals surface area contributed by atoms with Crippen molar-refractivity contribution in [2.24, 2.45) is 9.98 Å². The summed E-state index contributed by atoms with van der Waals surface area (Å²) in [7, 11) is 1.39. The highest BCUT2D eigenvalue weighted by molar-refractivity contribution is 6.51. The van der Waals surface area contributed by atoms with Crippen molar-refractivity contribution >= 4 is 40.5 Å². The molecule has 1 atom stereocenters. The van der Waals surface area contributed by atoms with Gasteiger partial charge in [0.25, 0.3) is 0 Å². The molecule has 4 aromatic carbocycles. The summed E-state index contributed by atoms with van der Waals surface area (Å²) < 4.78 is 6.85. The number of aliphatic imine (C=N–C) groups is 2. The topological polar surface area (TPSA) is 84.1 Å². The number of esters is 1. The highest BCUT2D eigenvalue weighted by Crippen LogP contribution is 2.48. The average molecular weight is 553 g/mol. The van der Waals surface area contributed by atoms with Gasteiger partial charge in [-0.3, -0.25) is 0 Å². The van der Waals surface area contributed by atoms with Crippen LogP contribution in [0, 0.1) is 13.8 Å². The van der Waals surface area contributed by atoms with Crippen molar-refractivity contribution in [1.29, 1.82) is 0 Å². The van der Waals surface area contributed by atoms with Gasteiger partial charge in [-0.25, -0.2) is 19.5 Å². The molecule has 8 heteroatoms. The van der Waals surface area contributed by atoms with Gasteiger partial charge in [0.1, 0.15) is 0 Å². The van der Waals surface area contributed by atoms with Crippen molar-refractivity contribution in [3.63, 3.8) is 0 Å². The Hall–Kier alpha value is -5.50. The van der Waals surface area contributed by atoms with Crippen molar-refractivity contribution in [2.45, 2.75) is 19.9 Å². The van der Waals surface area contributed by atoms with Gasteiger partial charge in [-0.15, -0.1) is 0 Å². The first kappa shape index (κ1) is 25.5. The van der Waals surface area contributed by atoms with Gasteiger partial charge in [-0.1, -0.05) is 54.6 Å².